The van der Waals surface area contributed by atoms with E-state index < -0.39 is 0 Å². The predicted octanol–water partition coefficient (Wildman–Crippen LogP) is 2.88. The zero-order valence-electron chi connectivity index (χ0n) is 12.3. The Balaban J connectivity index is 2.14. The van der Waals surface area contributed by atoms with Crippen molar-refractivity contribution in [1.29, 1.82) is 0 Å². The number of aromatic nitrogens is 6. The lowest BCUT2D eigenvalue weighted by Crippen LogP contribution is -2.21. The Labute approximate surface area is 129 Å². The lowest BCUT2D eigenvalue weighted by atomic mass is 10.1. The molecule has 0 aliphatic rings. The monoisotopic (exact) mass is 309 g/mol. The van der Waals surface area contributed by atoms with Crippen LogP contribution in [0.4, 0.5) is 5.95 Å². The van der Waals surface area contributed by atoms with Gasteiger partial charge in [-0.25, -0.2) is 4.98 Å². The first-order valence-corrected chi connectivity index (χ1v) is 7.63. The summed E-state index contributed by atoms with van der Waals surface area (Å²) in [6, 6.07) is 0.344. The molecule has 0 spiro atoms. The van der Waals surface area contributed by atoms with E-state index in [1.807, 2.05) is 0 Å². The van der Waals surface area contributed by atoms with Crippen LogP contribution in [0.15, 0.2) is 12.7 Å². The predicted molar refractivity (Wildman–Crippen MR) is 81.6 cm³/mol. The Morgan fingerprint density at radius 2 is 2.05 bits per heavy atom. The minimum Gasteiger partial charge on any atom is -0.351 e. The minimum absolute atomic E-state index is 0.142. The normalized spacial score (nSPS) is 12.3. The van der Waals surface area contributed by atoms with Gasteiger partial charge < -0.3 is 5.32 Å². The molecule has 0 saturated carbocycles. The number of anilines is 1. The molecule has 114 valence electrons. The van der Waals surface area contributed by atoms with Crippen LogP contribution in [0.1, 0.15) is 46.0 Å². The van der Waals surface area contributed by atoms with Crippen molar-refractivity contribution < 1.29 is 0 Å². The van der Waals surface area contributed by atoms with Crippen molar-refractivity contribution in [3.8, 4) is 5.95 Å². The average molecular weight is 310 g/mol. The Morgan fingerprint density at radius 3 is 2.71 bits per heavy atom. The molecule has 0 aliphatic heterocycles. The molecule has 0 amide bonds. The molecule has 0 fully saturated rings. The first kappa shape index (κ1) is 15.6. The molecular formula is C13H20ClN7. The maximum atomic E-state index is 5.97. The summed E-state index contributed by atoms with van der Waals surface area (Å²) in [5.41, 5.74) is 0. The third-order valence-corrected chi connectivity index (χ3v) is 3.27. The molecule has 1 unspecified atom stereocenters. The highest BCUT2D eigenvalue weighted by Gasteiger charge is 2.12. The Bertz CT molecular complexity index is 543. The highest BCUT2D eigenvalue weighted by molar-refractivity contribution is 6.28. The van der Waals surface area contributed by atoms with Crippen LogP contribution in [0, 0.1) is 0 Å². The molecular weight excluding hydrogens is 290 g/mol. The smallest absolute Gasteiger partial charge is 0.258 e. The van der Waals surface area contributed by atoms with Gasteiger partial charge in [0.15, 0.2) is 0 Å². The fourth-order valence-electron chi connectivity index (χ4n) is 2.09. The molecule has 0 aromatic carbocycles. The third-order valence-electron chi connectivity index (χ3n) is 3.10. The Morgan fingerprint density at radius 1 is 1.19 bits per heavy atom. The largest absolute Gasteiger partial charge is 0.351 e. The molecule has 2 rings (SSSR count). The molecule has 0 radical (unpaired) electrons. The zero-order chi connectivity index (χ0) is 15.1. The van der Waals surface area contributed by atoms with Gasteiger partial charge in [-0.15, -0.1) is 0 Å². The van der Waals surface area contributed by atoms with Crippen molar-refractivity contribution in [2.75, 3.05) is 5.32 Å². The minimum atomic E-state index is 0.142. The molecule has 2 heterocycles. The van der Waals surface area contributed by atoms with Gasteiger partial charge in [0.1, 0.15) is 12.7 Å². The van der Waals surface area contributed by atoms with Crippen LogP contribution in [0.5, 0.6) is 0 Å². The van der Waals surface area contributed by atoms with E-state index in [1.165, 1.54) is 30.2 Å². The van der Waals surface area contributed by atoms with Gasteiger partial charge in [-0.3, -0.25) is 0 Å². The Hall–Kier alpha value is -1.76. The van der Waals surface area contributed by atoms with Gasteiger partial charge in [0, 0.05) is 6.04 Å². The zero-order valence-corrected chi connectivity index (χ0v) is 13.1. The van der Waals surface area contributed by atoms with Gasteiger partial charge in [-0.05, 0) is 24.4 Å². The fourth-order valence-corrected chi connectivity index (χ4v) is 2.24. The number of nitrogens with zero attached hydrogens (tertiary/aromatic N) is 6. The maximum Gasteiger partial charge on any atom is 0.258 e. The lowest BCUT2D eigenvalue weighted by Gasteiger charge is -2.17. The summed E-state index contributed by atoms with van der Waals surface area (Å²) in [5, 5.41) is 7.49. The second-order valence-electron chi connectivity index (χ2n) is 4.84. The number of nitrogens with one attached hydrogen (secondary N) is 1. The van der Waals surface area contributed by atoms with Crippen LogP contribution in [-0.2, 0) is 0 Å². The van der Waals surface area contributed by atoms with Gasteiger partial charge in [0.05, 0.1) is 0 Å². The number of hydrogen-bond donors (Lipinski definition) is 1. The van der Waals surface area contributed by atoms with E-state index in [9.17, 15) is 0 Å². The van der Waals surface area contributed by atoms with E-state index in [-0.39, 0.29) is 5.28 Å². The summed E-state index contributed by atoms with van der Waals surface area (Å²) >= 11 is 5.97. The van der Waals surface area contributed by atoms with Gasteiger partial charge in [0.25, 0.3) is 5.95 Å². The van der Waals surface area contributed by atoms with E-state index in [0.717, 1.165) is 19.3 Å². The Kier molecular flexibility index (Phi) is 5.86. The van der Waals surface area contributed by atoms with Gasteiger partial charge >= 0.3 is 0 Å². The van der Waals surface area contributed by atoms with E-state index in [0.29, 0.717) is 17.9 Å². The first-order chi connectivity index (χ1) is 10.2. The molecule has 1 atom stereocenters. The summed E-state index contributed by atoms with van der Waals surface area (Å²) in [6.07, 6.45) is 8.56. The quantitative estimate of drug-likeness (QED) is 0.807. The molecule has 8 heteroatoms. The van der Waals surface area contributed by atoms with Crippen molar-refractivity contribution in [2.24, 2.45) is 0 Å². The van der Waals surface area contributed by atoms with E-state index in [2.05, 4.69) is 44.2 Å². The molecule has 0 bridgehead atoms. The van der Waals surface area contributed by atoms with Crippen LogP contribution in [0.3, 0.4) is 0 Å². The van der Waals surface area contributed by atoms with Crippen molar-refractivity contribution in [3.63, 3.8) is 0 Å². The molecule has 21 heavy (non-hydrogen) atoms. The van der Waals surface area contributed by atoms with Crippen LogP contribution in [-0.4, -0.2) is 35.8 Å². The molecule has 0 saturated heterocycles. The summed E-state index contributed by atoms with van der Waals surface area (Å²) in [7, 11) is 0. The standard InChI is InChI=1S/C13H20ClN7/c1-3-5-7-10(6-4-2)17-12-18-11(14)19-13(20-12)21-9-15-8-16-21/h8-10H,3-7H2,1-2H3,(H,17,18,19,20). The highest BCUT2D eigenvalue weighted by Crippen LogP contribution is 2.14. The summed E-state index contributed by atoms with van der Waals surface area (Å²) < 4.78 is 1.46. The SMILES string of the molecule is CCCCC(CCC)Nc1nc(Cl)nc(-n2cncn2)n1. The number of rotatable bonds is 8. The van der Waals surface area contributed by atoms with Crippen molar-refractivity contribution >= 4 is 17.5 Å². The number of halogens is 1. The second-order valence-corrected chi connectivity index (χ2v) is 5.18. The fraction of sp³-hybridized carbons (Fsp3) is 0.615. The van der Waals surface area contributed by atoms with E-state index in [4.69, 9.17) is 11.6 Å². The topological polar surface area (TPSA) is 81.4 Å². The summed E-state index contributed by atoms with van der Waals surface area (Å²) in [4.78, 5) is 16.4. The van der Waals surface area contributed by atoms with Crippen molar-refractivity contribution in [3.05, 3.63) is 17.9 Å². The van der Waals surface area contributed by atoms with Crippen molar-refractivity contribution in [1.82, 2.24) is 29.7 Å². The molecule has 0 aliphatic carbocycles. The number of unbranched alkanes of at least 4 members (excludes halogenated alkanes) is 1. The van der Waals surface area contributed by atoms with Crippen LogP contribution in [0.25, 0.3) is 5.95 Å². The van der Waals surface area contributed by atoms with E-state index >= 15 is 0 Å². The lowest BCUT2D eigenvalue weighted by molar-refractivity contribution is 0.560. The van der Waals surface area contributed by atoms with E-state index in [1.54, 1.807) is 0 Å². The second kappa shape index (κ2) is 7.87. The van der Waals surface area contributed by atoms with Gasteiger partial charge in [0.2, 0.25) is 11.2 Å². The first-order valence-electron chi connectivity index (χ1n) is 7.26. The van der Waals surface area contributed by atoms with Gasteiger partial charge in [-0.1, -0.05) is 33.1 Å². The van der Waals surface area contributed by atoms with Crippen molar-refractivity contribution in [2.45, 2.75) is 52.0 Å². The number of hydrogen-bond acceptors (Lipinski definition) is 6. The highest BCUT2D eigenvalue weighted by atomic mass is 35.5. The van der Waals surface area contributed by atoms with Crippen LogP contribution < -0.4 is 5.32 Å². The molecule has 1 N–H and O–H groups in total. The van der Waals surface area contributed by atoms with Crippen LogP contribution >= 0.6 is 11.6 Å². The summed E-state index contributed by atoms with van der Waals surface area (Å²) in [6.45, 7) is 4.35. The van der Waals surface area contributed by atoms with Gasteiger partial charge in [-0.2, -0.15) is 24.7 Å². The molecule has 7 nitrogen and oxygen atoms in total. The summed E-state index contributed by atoms with van der Waals surface area (Å²) in [5.74, 6) is 0.843. The van der Waals surface area contributed by atoms with Crippen LogP contribution in [0.2, 0.25) is 5.28 Å². The maximum absolute atomic E-state index is 5.97. The molecule has 2 aromatic heterocycles. The average Bonchev–Trinajstić information content (AvgIpc) is 2.98. The third kappa shape index (κ3) is 4.63. The molecule has 2 aromatic rings.